The van der Waals surface area contributed by atoms with E-state index in [2.05, 4.69) is 5.32 Å². The fourth-order valence-corrected chi connectivity index (χ4v) is 4.08. The summed E-state index contributed by atoms with van der Waals surface area (Å²) in [4.78, 5) is 24.2. The second kappa shape index (κ2) is 8.66. The Balaban J connectivity index is 3.24. The highest BCUT2D eigenvalue weighted by Gasteiger charge is 2.27. The highest BCUT2D eigenvalue weighted by atomic mass is 32.2. The normalized spacial score (nSPS) is 12.1. The van der Waals surface area contributed by atoms with Gasteiger partial charge in [-0.1, -0.05) is 13.8 Å². The third-order valence-electron chi connectivity index (χ3n) is 3.79. The molecule has 0 aliphatic heterocycles. The molecule has 0 unspecified atom stereocenters. The number of amides is 1. The van der Waals surface area contributed by atoms with Crippen LogP contribution in [0.1, 0.15) is 34.6 Å². The molecule has 0 aliphatic carbocycles. The van der Waals surface area contributed by atoms with Crippen LogP contribution in [0.15, 0.2) is 23.1 Å². The van der Waals surface area contributed by atoms with Crippen molar-refractivity contribution in [1.82, 2.24) is 9.62 Å². The lowest BCUT2D eigenvalue weighted by molar-refractivity contribution is -0.384. The maximum absolute atomic E-state index is 12.6. The molecule has 0 fully saturated rings. The fraction of sp³-hybridized carbons (Fsp3) is 0.588. The number of nitro groups is 1. The van der Waals surface area contributed by atoms with E-state index in [4.69, 9.17) is 0 Å². The molecule has 0 bridgehead atoms. The molecule has 1 N–H and O–H groups in total. The van der Waals surface area contributed by atoms with Crippen LogP contribution in [-0.2, 0) is 14.8 Å². The van der Waals surface area contributed by atoms with Crippen LogP contribution in [0.4, 0.5) is 11.4 Å². The van der Waals surface area contributed by atoms with Gasteiger partial charge in [-0.2, -0.15) is 4.31 Å². The summed E-state index contributed by atoms with van der Waals surface area (Å²) in [7, 11) is -2.27. The lowest BCUT2D eigenvalue weighted by atomic mass is 10.1. The van der Waals surface area contributed by atoms with Crippen LogP contribution in [0.25, 0.3) is 0 Å². The number of nitro benzene ring substituents is 1. The largest absolute Gasteiger partial charge is 0.360 e. The minimum absolute atomic E-state index is 0.0970. The topological polar surface area (TPSA) is 113 Å². The molecule has 1 aromatic carbocycles. The summed E-state index contributed by atoms with van der Waals surface area (Å²) in [6.45, 7) is 9.33. The number of hydrogen-bond acceptors (Lipinski definition) is 6. The van der Waals surface area contributed by atoms with Crippen molar-refractivity contribution in [3.05, 3.63) is 28.3 Å². The number of carbonyl (C=O) groups excluding carboxylic acids is 1. The zero-order valence-corrected chi connectivity index (χ0v) is 17.5. The predicted molar refractivity (Wildman–Crippen MR) is 104 cm³/mol. The van der Waals surface area contributed by atoms with Crippen molar-refractivity contribution < 1.29 is 18.1 Å². The van der Waals surface area contributed by atoms with Gasteiger partial charge >= 0.3 is 0 Å². The molecule has 0 saturated heterocycles. The molecule has 0 heterocycles. The van der Waals surface area contributed by atoms with Crippen LogP contribution in [0, 0.1) is 10.1 Å². The SMILES string of the molecule is CCN(CC)S(=O)(=O)c1ccc(N(C)CC(=O)NC(C)(C)C)c([N+](=O)[O-])c1. The summed E-state index contributed by atoms with van der Waals surface area (Å²) in [6, 6.07) is 3.73. The number of sulfonamides is 1. The van der Waals surface area contributed by atoms with Gasteiger partial charge in [-0.15, -0.1) is 0 Å². The number of anilines is 1. The van der Waals surface area contributed by atoms with E-state index in [0.29, 0.717) is 0 Å². The summed E-state index contributed by atoms with van der Waals surface area (Å²) in [5.74, 6) is -0.292. The van der Waals surface area contributed by atoms with Crippen LogP contribution < -0.4 is 10.2 Å². The van der Waals surface area contributed by atoms with Gasteiger partial charge in [-0.3, -0.25) is 14.9 Å². The highest BCUT2D eigenvalue weighted by molar-refractivity contribution is 7.89. The summed E-state index contributed by atoms with van der Waals surface area (Å²) in [5, 5.41) is 14.3. The summed E-state index contributed by atoms with van der Waals surface area (Å²) in [5.41, 5.74) is -0.622. The Morgan fingerprint density at radius 3 is 2.22 bits per heavy atom. The Labute approximate surface area is 160 Å². The van der Waals surface area contributed by atoms with E-state index in [-0.39, 0.29) is 41.8 Å². The van der Waals surface area contributed by atoms with Gasteiger partial charge in [-0.25, -0.2) is 8.42 Å². The fourth-order valence-electron chi connectivity index (χ4n) is 2.60. The molecular weight excluding hydrogens is 372 g/mol. The lowest BCUT2D eigenvalue weighted by Gasteiger charge is -2.24. The van der Waals surface area contributed by atoms with Gasteiger partial charge < -0.3 is 10.2 Å². The van der Waals surface area contributed by atoms with Crippen LogP contribution in [0.2, 0.25) is 0 Å². The average Bonchev–Trinajstić information content (AvgIpc) is 2.53. The van der Waals surface area contributed by atoms with Crippen molar-refractivity contribution in [2.24, 2.45) is 0 Å². The van der Waals surface area contributed by atoms with Crippen LogP contribution in [0.3, 0.4) is 0 Å². The Kier molecular flexibility index (Phi) is 7.32. The van der Waals surface area contributed by atoms with E-state index in [1.807, 2.05) is 20.8 Å². The number of nitrogens with zero attached hydrogens (tertiary/aromatic N) is 3. The zero-order chi connectivity index (χ0) is 21.0. The second-order valence-corrected chi connectivity index (χ2v) is 9.09. The van der Waals surface area contributed by atoms with Crippen molar-refractivity contribution in [3.63, 3.8) is 0 Å². The average molecular weight is 401 g/mol. The summed E-state index contributed by atoms with van der Waals surface area (Å²) in [6.07, 6.45) is 0. The molecule has 10 heteroatoms. The minimum Gasteiger partial charge on any atom is -0.360 e. The van der Waals surface area contributed by atoms with E-state index in [9.17, 15) is 23.3 Å². The van der Waals surface area contributed by atoms with E-state index >= 15 is 0 Å². The number of nitrogens with one attached hydrogen (secondary N) is 1. The standard InChI is InChI=1S/C17H28N4O5S/c1-7-20(8-2)27(25,26)13-9-10-14(15(11-13)21(23)24)19(6)12-16(22)18-17(3,4)5/h9-11H,7-8,12H2,1-6H3,(H,18,22). The second-order valence-electron chi connectivity index (χ2n) is 7.15. The third kappa shape index (κ3) is 5.90. The minimum atomic E-state index is -3.82. The van der Waals surface area contributed by atoms with Crippen LogP contribution in [0.5, 0.6) is 0 Å². The first-order valence-electron chi connectivity index (χ1n) is 8.64. The molecule has 152 valence electrons. The summed E-state index contributed by atoms with van der Waals surface area (Å²) >= 11 is 0. The molecular formula is C17H28N4O5S. The molecule has 9 nitrogen and oxygen atoms in total. The van der Waals surface area contributed by atoms with Gasteiger partial charge in [0.2, 0.25) is 15.9 Å². The molecule has 1 amide bonds. The predicted octanol–water partition coefficient (Wildman–Crippen LogP) is 1.98. The summed E-state index contributed by atoms with van der Waals surface area (Å²) < 4.78 is 26.4. The van der Waals surface area contributed by atoms with Crippen molar-refractivity contribution in [2.45, 2.75) is 45.1 Å². The van der Waals surface area contributed by atoms with E-state index < -0.39 is 20.5 Å². The van der Waals surface area contributed by atoms with Gasteiger partial charge in [0.1, 0.15) is 5.69 Å². The van der Waals surface area contributed by atoms with Gasteiger partial charge in [0.25, 0.3) is 5.69 Å². The Morgan fingerprint density at radius 1 is 1.22 bits per heavy atom. The molecule has 1 rings (SSSR count). The smallest absolute Gasteiger partial charge is 0.293 e. The quantitative estimate of drug-likeness (QED) is 0.527. The van der Waals surface area contributed by atoms with Gasteiger partial charge in [0, 0.05) is 31.7 Å². The molecule has 0 atom stereocenters. The number of carbonyl (C=O) groups is 1. The van der Waals surface area contributed by atoms with Gasteiger partial charge in [0.05, 0.1) is 16.4 Å². The molecule has 0 aliphatic rings. The molecule has 0 saturated carbocycles. The lowest BCUT2D eigenvalue weighted by Crippen LogP contribution is -2.45. The Morgan fingerprint density at radius 2 is 1.78 bits per heavy atom. The van der Waals surface area contributed by atoms with Crippen molar-refractivity contribution >= 4 is 27.3 Å². The van der Waals surface area contributed by atoms with E-state index in [1.165, 1.54) is 21.3 Å². The number of hydrogen-bond donors (Lipinski definition) is 1. The number of benzene rings is 1. The Bertz CT molecular complexity index is 798. The molecule has 0 aromatic heterocycles. The number of likely N-dealkylation sites (N-methyl/N-ethyl adjacent to an activating group) is 1. The van der Waals surface area contributed by atoms with Gasteiger partial charge in [-0.05, 0) is 32.9 Å². The zero-order valence-electron chi connectivity index (χ0n) is 16.6. The first-order valence-corrected chi connectivity index (χ1v) is 10.1. The van der Waals surface area contributed by atoms with Crippen molar-refractivity contribution in [3.8, 4) is 0 Å². The van der Waals surface area contributed by atoms with E-state index in [0.717, 1.165) is 6.07 Å². The molecule has 0 radical (unpaired) electrons. The maximum atomic E-state index is 12.6. The molecule has 27 heavy (non-hydrogen) atoms. The third-order valence-corrected chi connectivity index (χ3v) is 5.84. The maximum Gasteiger partial charge on any atom is 0.293 e. The monoisotopic (exact) mass is 400 g/mol. The molecule has 1 aromatic rings. The van der Waals surface area contributed by atoms with Crippen LogP contribution >= 0.6 is 0 Å². The first kappa shape index (κ1) is 22.8. The Hall–Kier alpha value is -2.20. The van der Waals surface area contributed by atoms with E-state index in [1.54, 1.807) is 20.9 Å². The van der Waals surface area contributed by atoms with Crippen molar-refractivity contribution in [1.29, 1.82) is 0 Å². The number of rotatable bonds is 8. The van der Waals surface area contributed by atoms with Crippen molar-refractivity contribution in [2.75, 3.05) is 31.6 Å². The molecule has 0 spiro atoms. The highest BCUT2D eigenvalue weighted by Crippen LogP contribution is 2.31. The van der Waals surface area contributed by atoms with Crippen LogP contribution in [-0.4, -0.2) is 55.8 Å². The van der Waals surface area contributed by atoms with Gasteiger partial charge in [0.15, 0.2) is 0 Å². The first-order chi connectivity index (χ1) is 12.3.